The Morgan fingerprint density at radius 2 is 1.51 bits per heavy atom. The number of rotatable bonds is 12. The number of aliphatic hydroxyl groups excluding tert-OH is 1. The number of amides is 2. The lowest BCUT2D eigenvalue weighted by molar-refractivity contribution is -0.268. The highest BCUT2D eigenvalue weighted by molar-refractivity contribution is 7.99. The van der Waals surface area contributed by atoms with E-state index >= 15 is 0 Å². The standard InChI is InChI=1S/C40H38N6O6S/c1-26-36(25-53-40-43-44-45-46(40)32-17-19-33(48)20-18-32)51-38(52-37(26)29-11-9-28(24-47)10-12-29)30-13-7-27(8-14-30)23-41-39(49)42-31-15-21-35(22-16-31)50-34-5-3-2-4-6-34/h2-22,26,36-38,47-48H,23-25H2,1H3,(H2,41,42,49). The Morgan fingerprint density at radius 3 is 2.23 bits per heavy atom. The number of aromatic hydroxyl groups is 1. The van der Waals surface area contributed by atoms with E-state index in [-0.39, 0.29) is 36.5 Å². The minimum absolute atomic E-state index is 0.0358. The lowest BCUT2D eigenvalue weighted by atomic mass is 9.91. The van der Waals surface area contributed by atoms with Gasteiger partial charge in [0.05, 0.1) is 24.5 Å². The smallest absolute Gasteiger partial charge is 0.319 e. The fourth-order valence-corrected chi connectivity index (χ4v) is 6.93. The summed E-state index contributed by atoms with van der Waals surface area (Å²) in [4.78, 5) is 12.7. The van der Waals surface area contributed by atoms with E-state index in [1.165, 1.54) is 11.8 Å². The maximum absolute atomic E-state index is 12.7. The second kappa shape index (κ2) is 16.7. The summed E-state index contributed by atoms with van der Waals surface area (Å²) >= 11 is 1.47. The first-order valence-electron chi connectivity index (χ1n) is 17.1. The van der Waals surface area contributed by atoms with Crippen LogP contribution >= 0.6 is 11.8 Å². The molecule has 4 atom stereocenters. The number of carbonyl (C=O) groups excluding carboxylic acids is 1. The summed E-state index contributed by atoms with van der Waals surface area (Å²) < 4.78 is 20.7. The number of anilines is 1. The molecule has 0 aliphatic carbocycles. The van der Waals surface area contributed by atoms with Crippen LogP contribution in [0.2, 0.25) is 0 Å². The molecule has 53 heavy (non-hydrogen) atoms. The molecule has 13 heteroatoms. The average molecular weight is 731 g/mol. The van der Waals surface area contributed by atoms with Crippen LogP contribution in [-0.2, 0) is 22.6 Å². The SMILES string of the molecule is CC1C(CSc2nnnn2-c2ccc(O)cc2)OC(c2ccc(CNC(=O)Nc3ccc(Oc4ccccc4)cc3)cc2)OC1c1ccc(CO)cc1. The number of nitrogens with one attached hydrogen (secondary N) is 2. The number of thioether (sulfide) groups is 1. The predicted octanol–water partition coefficient (Wildman–Crippen LogP) is 7.56. The van der Waals surface area contributed by atoms with E-state index in [1.54, 1.807) is 53.2 Å². The van der Waals surface area contributed by atoms with Gasteiger partial charge in [0.2, 0.25) is 5.16 Å². The zero-order valence-electron chi connectivity index (χ0n) is 28.8. The van der Waals surface area contributed by atoms with Gasteiger partial charge in [-0.1, -0.05) is 85.4 Å². The molecule has 1 aromatic heterocycles. The Labute approximate surface area is 310 Å². The van der Waals surface area contributed by atoms with Gasteiger partial charge < -0.3 is 35.1 Å². The number of benzene rings is 5. The third-order valence-electron chi connectivity index (χ3n) is 8.83. The third kappa shape index (κ3) is 9.02. The van der Waals surface area contributed by atoms with Crippen molar-refractivity contribution >= 4 is 23.5 Å². The first-order chi connectivity index (χ1) is 25.9. The van der Waals surface area contributed by atoms with Gasteiger partial charge in [-0.2, -0.15) is 4.68 Å². The number of phenolic OH excluding ortho intramolecular Hbond substituents is 1. The Hall–Kier alpha value is -5.73. The highest BCUT2D eigenvalue weighted by Gasteiger charge is 2.38. The molecule has 1 aliphatic heterocycles. The molecule has 0 radical (unpaired) electrons. The normalized spacial score (nSPS) is 18.3. The van der Waals surface area contributed by atoms with Crippen molar-refractivity contribution in [3.63, 3.8) is 0 Å². The maximum atomic E-state index is 12.7. The van der Waals surface area contributed by atoms with Crippen molar-refractivity contribution in [2.24, 2.45) is 5.92 Å². The summed E-state index contributed by atoms with van der Waals surface area (Å²) in [5.41, 5.74) is 4.92. The number of para-hydroxylation sites is 1. The molecule has 270 valence electrons. The largest absolute Gasteiger partial charge is 0.508 e. The number of hydrogen-bond acceptors (Lipinski definition) is 10. The number of aliphatic hydroxyl groups is 1. The van der Waals surface area contributed by atoms with E-state index in [0.717, 1.165) is 33.7 Å². The molecule has 0 spiro atoms. The van der Waals surface area contributed by atoms with Gasteiger partial charge in [-0.05, 0) is 87.8 Å². The number of ether oxygens (including phenoxy) is 3. The molecule has 5 aromatic carbocycles. The van der Waals surface area contributed by atoms with Gasteiger partial charge in [0.1, 0.15) is 17.2 Å². The van der Waals surface area contributed by atoms with Gasteiger partial charge in [0, 0.05) is 29.5 Å². The monoisotopic (exact) mass is 730 g/mol. The molecular formula is C40H38N6O6S. The molecule has 12 nitrogen and oxygen atoms in total. The maximum Gasteiger partial charge on any atom is 0.319 e. The molecule has 0 saturated carbocycles. The van der Waals surface area contributed by atoms with E-state index in [4.69, 9.17) is 14.2 Å². The zero-order valence-corrected chi connectivity index (χ0v) is 29.6. The number of carbonyl (C=O) groups is 1. The summed E-state index contributed by atoms with van der Waals surface area (Å²) in [5, 5.41) is 37.9. The lowest BCUT2D eigenvalue weighted by Crippen LogP contribution is -2.38. The molecule has 6 aromatic rings. The van der Waals surface area contributed by atoms with Gasteiger partial charge in [0.25, 0.3) is 0 Å². The molecule has 1 aliphatic rings. The topological polar surface area (TPSA) is 153 Å². The minimum Gasteiger partial charge on any atom is -0.508 e. The summed E-state index contributed by atoms with van der Waals surface area (Å²) in [6.45, 7) is 2.38. The van der Waals surface area contributed by atoms with E-state index in [1.807, 2.05) is 78.9 Å². The average Bonchev–Trinajstić information content (AvgIpc) is 3.67. The third-order valence-corrected chi connectivity index (χ3v) is 9.84. The van der Waals surface area contributed by atoms with Gasteiger partial charge in [-0.25, -0.2) is 4.79 Å². The molecule has 1 fully saturated rings. The van der Waals surface area contributed by atoms with Crippen LogP contribution in [0.3, 0.4) is 0 Å². The molecule has 2 heterocycles. The molecular weight excluding hydrogens is 693 g/mol. The van der Waals surface area contributed by atoms with Gasteiger partial charge >= 0.3 is 6.03 Å². The zero-order chi connectivity index (χ0) is 36.6. The van der Waals surface area contributed by atoms with Crippen molar-refractivity contribution in [3.8, 4) is 22.9 Å². The molecule has 0 bridgehead atoms. The van der Waals surface area contributed by atoms with Crippen molar-refractivity contribution < 1.29 is 29.2 Å². The van der Waals surface area contributed by atoms with Crippen LogP contribution < -0.4 is 15.4 Å². The number of hydrogen-bond donors (Lipinski definition) is 4. The summed E-state index contributed by atoms with van der Waals surface area (Å²) in [7, 11) is 0. The van der Waals surface area contributed by atoms with Crippen LogP contribution in [0.1, 0.15) is 41.6 Å². The fourth-order valence-electron chi connectivity index (χ4n) is 5.87. The van der Waals surface area contributed by atoms with Crippen molar-refractivity contribution in [2.45, 2.75) is 43.7 Å². The van der Waals surface area contributed by atoms with Gasteiger partial charge in [-0.15, -0.1) is 5.10 Å². The molecule has 4 N–H and O–H groups in total. The van der Waals surface area contributed by atoms with E-state index in [0.29, 0.717) is 28.9 Å². The summed E-state index contributed by atoms with van der Waals surface area (Å²) in [5.74, 6) is 2.08. The predicted molar refractivity (Wildman–Crippen MR) is 200 cm³/mol. The Bertz CT molecular complexity index is 2080. The molecule has 4 unspecified atom stereocenters. The molecule has 7 rings (SSSR count). The van der Waals surface area contributed by atoms with Crippen LogP contribution in [0.15, 0.2) is 133 Å². The van der Waals surface area contributed by atoms with Gasteiger partial charge in [-0.3, -0.25) is 0 Å². The van der Waals surface area contributed by atoms with Crippen molar-refractivity contribution in [1.29, 1.82) is 0 Å². The quantitative estimate of drug-likeness (QED) is 0.0929. The Balaban J connectivity index is 0.992. The number of urea groups is 1. The van der Waals surface area contributed by atoms with Crippen LogP contribution in [-0.4, -0.2) is 48.3 Å². The second-order valence-electron chi connectivity index (χ2n) is 12.5. The first kappa shape index (κ1) is 35.7. The first-order valence-corrected chi connectivity index (χ1v) is 18.1. The van der Waals surface area contributed by atoms with E-state index < -0.39 is 6.29 Å². The van der Waals surface area contributed by atoms with Crippen LogP contribution in [0.4, 0.5) is 10.5 Å². The second-order valence-corrected chi connectivity index (χ2v) is 13.5. The number of aromatic nitrogens is 4. The number of tetrazole rings is 1. The number of nitrogens with zero attached hydrogens (tertiary/aromatic N) is 4. The summed E-state index contributed by atoms with van der Waals surface area (Å²) in [6, 6.07) is 38.6. The van der Waals surface area contributed by atoms with Crippen LogP contribution in [0.5, 0.6) is 17.2 Å². The van der Waals surface area contributed by atoms with Crippen molar-refractivity contribution in [3.05, 3.63) is 150 Å². The molecule has 1 saturated heterocycles. The van der Waals surface area contributed by atoms with E-state index in [2.05, 4.69) is 33.1 Å². The molecule has 2 amide bonds. The lowest BCUT2D eigenvalue weighted by Gasteiger charge is -2.41. The minimum atomic E-state index is -0.661. The number of phenols is 1. The highest BCUT2D eigenvalue weighted by atomic mass is 32.2. The van der Waals surface area contributed by atoms with E-state index in [9.17, 15) is 15.0 Å². The van der Waals surface area contributed by atoms with Crippen LogP contribution in [0.25, 0.3) is 5.69 Å². The van der Waals surface area contributed by atoms with Crippen molar-refractivity contribution in [2.75, 3.05) is 11.1 Å². The van der Waals surface area contributed by atoms with Gasteiger partial charge in [0.15, 0.2) is 6.29 Å². The van der Waals surface area contributed by atoms with Crippen molar-refractivity contribution in [1.82, 2.24) is 25.5 Å². The highest BCUT2D eigenvalue weighted by Crippen LogP contribution is 2.43. The Morgan fingerprint density at radius 1 is 0.830 bits per heavy atom. The van der Waals surface area contributed by atoms with Crippen LogP contribution in [0, 0.1) is 5.92 Å². The Kier molecular flexibility index (Phi) is 11.3. The summed E-state index contributed by atoms with van der Waals surface area (Å²) in [6.07, 6.45) is -1.19. The fraction of sp³-hybridized carbons (Fsp3) is 0.200.